The Hall–Kier alpha value is -1.95. The van der Waals surface area contributed by atoms with Crippen LogP contribution in [0.1, 0.15) is 19.4 Å². The molecule has 1 aromatic carbocycles. The van der Waals surface area contributed by atoms with E-state index in [1.165, 1.54) is 12.1 Å². The highest BCUT2D eigenvalue weighted by Gasteiger charge is 2.12. The third-order valence-electron chi connectivity index (χ3n) is 3.18. The summed E-state index contributed by atoms with van der Waals surface area (Å²) in [7, 11) is 0. The van der Waals surface area contributed by atoms with Gasteiger partial charge in [0.25, 0.3) is 0 Å². The Morgan fingerprint density at radius 2 is 1.62 bits per heavy atom. The molecule has 21 heavy (non-hydrogen) atoms. The molecule has 0 aromatic heterocycles. The van der Waals surface area contributed by atoms with E-state index in [1.54, 1.807) is 12.1 Å². The van der Waals surface area contributed by atoms with Crippen LogP contribution in [0, 0.1) is 5.82 Å². The molecule has 0 aliphatic rings. The first-order chi connectivity index (χ1) is 10.1. The minimum Gasteiger partial charge on any atom is -0.347 e. The van der Waals surface area contributed by atoms with E-state index in [0.29, 0.717) is 13.1 Å². The number of nitrogens with one attached hydrogen (secondary N) is 2. The quantitative estimate of drug-likeness (QED) is 0.735. The fraction of sp³-hybridized carbons (Fsp3) is 0.467. The van der Waals surface area contributed by atoms with Crippen LogP contribution in [0.4, 0.5) is 4.39 Å². The Kier molecular flexibility index (Phi) is 7.39. The van der Waals surface area contributed by atoms with Crippen molar-refractivity contribution < 1.29 is 14.0 Å². The summed E-state index contributed by atoms with van der Waals surface area (Å²) in [6.07, 6.45) is 0. The van der Waals surface area contributed by atoms with Gasteiger partial charge in [-0.15, -0.1) is 0 Å². The van der Waals surface area contributed by atoms with Gasteiger partial charge >= 0.3 is 11.8 Å². The largest absolute Gasteiger partial charge is 0.347 e. The number of hydrogen-bond donors (Lipinski definition) is 2. The van der Waals surface area contributed by atoms with E-state index in [4.69, 9.17) is 0 Å². The molecule has 0 saturated heterocycles. The maximum absolute atomic E-state index is 12.7. The third-order valence-corrected chi connectivity index (χ3v) is 3.18. The number of benzene rings is 1. The first kappa shape index (κ1) is 17.1. The highest BCUT2D eigenvalue weighted by atomic mass is 19.1. The number of carbonyl (C=O) groups is 2. The molecule has 5 nitrogen and oxygen atoms in total. The molecule has 0 spiro atoms. The number of halogens is 1. The van der Waals surface area contributed by atoms with Crippen molar-refractivity contribution in [2.75, 3.05) is 26.2 Å². The van der Waals surface area contributed by atoms with Gasteiger partial charge in [-0.25, -0.2) is 4.39 Å². The van der Waals surface area contributed by atoms with E-state index in [2.05, 4.69) is 15.5 Å². The second kappa shape index (κ2) is 9.07. The zero-order valence-electron chi connectivity index (χ0n) is 12.5. The maximum atomic E-state index is 12.7. The summed E-state index contributed by atoms with van der Waals surface area (Å²) in [6.45, 7) is 7.24. The molecule has 6 heteroatoms. The number of likely N-dealkylation sites (N-methyl/N-ethyl adjacent to an activating group) is 1. The summed E-state index contributed by atoms with van der Waals surface area (Å²) in [5.41, 5.74) is 0.737. The number of amides is 2. The molecular formula is C15H22FN3O2. The molecule has 0 atom stereocenters. The Bertz CT molecular complexity index is 458. The smallest absolute Gasteiger partial charge is 0.309 e. The van der Waals surface area contributed by atoms with Crippen molar-refractivity contribution in [3.8, 4) is 0 Å². The molecule has 2 amide bonds. The SMILES string of the molecule is CCN(CC)CCNC(=O)C(=O)NCc1ccc(F)cc1. The lowest BCUT2D eigenvalue weighted by molar-refractivity contribution is -0.139. The summed E-state index contributed by atoms with van der Waals surface area (Å²) in [4.78, 5) is 25.3. The zero-order valence-corrected chi connectivity index (χ0v) is 12.5. The standard InChI is InChI=1S/C15H22FN3O2/c1-3-19(4-2)10-9-17-14(20)15(21)18-11-12-5-7-13(16)8-6-12/h5-8H,3-4,9-11H2,1-2H3,(H,17,20)(H,18,21). The summed E-state index contributed by atoms with van der Waals surface area (Å²) in [6, 6.07) is 5.75. The van der Waals surface area contributed by atoms with Gasteiger partial charge in [0.2, 0.25) is 0 Å². The number of rotatable bonds is 7. The Morgan fingerprint density at radius 1 is 1.05 bits per heavy atom. The van der Waals surface area contributed by atoms with Gasteiger partial charge in [0.05, 0.1) is 0 Å². The number of nitrogens with zero attached hydrogens (tertiary/aromatic N) is 1. The molecule has 1 rings (SSSR count). The van der Waals surface area contributed by atoms with E-state index in [-0.39, 0.29) is 12.4 Å². The van der Waals surface area contributed by atoms with Crippen LogP contribution in [0.2, 0.25) is 0 Å². The predicted molar refractivity (Wildman–Crippen MR) is 79.0 cm³/mol. The van der Waals surface area contributed by atoms with Gasteiger partial charge in [0.15, 0.2) is 0 Å². The molecule has 1 aromatic rings. The van der Waals surface area contributed by atoms with E-state index in [0.717, 1.165) is 18.7 Å². The molecule has 0 heterocycles. The molecule has 0 radical (unpaired) electrons. The van der Waals surface area contributed by atoms with Gasteiger partial charge in [0, 0.05) is 19.6 Å². The Labute approximate surface area is 124 Å². The molecule has 116 valence electrons. The molecule has 2 N–H and O–H groups in total. The van der Waals surface area contributed by atoms with Gasteiger partial charge in [-0.1, -0.05) is 26.0 Å². The second-order valence-corrected chi connectivity index (χ2v) is 4.59. The molecule has 0 bridgehead atoms. The minimum atomic E-state index is -0.682. The maximum Gasteiger partial charge on any atom is 0.309 e. The highest BCUT2D eigenvalue weighted by Crippen LogP contribution is 2.01. The van der Waals surface area contributed by atoms with Crippen molar-refractivity contribution in [1.29, 1.82) is 0 Å². The lowest BCUT2D eigenvalue weighted by Crippen LogP contribution is -2.42. The molecular weight excluding hydrogens is 273 g/mol. The molecule has 0 saturated carbocycles. The first-order valence-corrected chi connectivity index (χ1v) is 7.09. The first-order valence-electron chi connectivity index (χ1n) is 7.09. The second-order valence-electron chi connectivity index (χ2n) is 4.59. The lowest BCUT2D eigenvalue weighted by atomic mass is 10.2. The molecule has 0 fully saturated rings. The average Bonchev–Trinajstić information content (AvgIpc) is 2.50. The van der Waals surface area contributed by atoms with Crippen molar-refractivity contribution in [2.45, 2.75) is 20.4 Å². The van der Waals surface area contributed by atoms with Crippen LogP contribution in [0.25, 0.3) is 0 Å². The highest BCUT2D eigenvalue weighted by molar-refractivity contribution is 6.35. The number of carbonyl (C=O) groups excluding carboxylic acids is 2. The van der Waals surface area contributed by atoms with Crippen molar-refractivity contribution >= 4 is 11.8 Å². The average molecular weight is 295 g/mol. The van der Waals surface area contributed by atoms with Crippen molar-refractivity contribution in [1.82, 2.24) is 15.5 Å². The zero-order chi connectivity index (χ0) is 15.7. The Balaban J connectivity index is 2.28. The van der Waals surface area contributed by atoms with E-state index in [9.17, 15) is 14.0 Å². The van der Waals surface area contributed by atoms with Crippen molar-refractivity contribution in [2.24, 2.45) is 0 Å². The lowest BCUT2D eigenvalue weighted by Gasteiger charge is -2.17. The van der Waals surface area contributed by atoms with Crippen LogP contribution in [0.5, 0.6) is 0 Å². The van der Waals surface area contributed by atoms with Crippen molar-refractivity contribution in [3.63, 3.8) is 0 Å². The van der Waals surface area contributed by atoms with Gasteiger partial charge in [-0.2, -0.15) is 0 Å². The van der Waals surface area contributed by atoms with Gasteiger partial charge in [0.1, 0.15) is 5.82 Å². The predicted octanol–water partition coefficient (Wildman–Crippen LogP) is 0.900. The third kappa shape index (κ3) is 6.35. The summed E-state index contributed by atoms with van der Waals surface area (Å²) < 4.78 is 12.7. The van der Waals surface area contributed by atoms with Crippen LogP contribution >= 0.6 is 0 Å². The Morgan fingerprint density at radius 3 is 2.19 bits per heavy atom. The fourth-order valence-electron chi connectivity index (χ4n) is 1.81. The van der Waals surface area contributed by atoms with Crippen LogP contribution in [0.3, 0.4) is 0 Å². The van der Waals surface area contributed by atoms with Gasteiger partial charge in [-0.3, -0.25) is 9.59 Å². The van der Waals surface area contributed by atoms with Crippen LogP contribution in [-0.4, -0.2) is 42.9 Å². The number of hydrogen-bond acceptors (Lipinski definition) is 3. The van der Waals surface area contributed by atoms with Crippen LogP contribution < -0.4 is 10.6 Å². The van der Waals surface area contributed by atoms with E-state index in [1.807, 2.05) is 13.8 Å². The minimum absolute atomic E-state index is 0.197. The summed E-state index contributed by atoms with van der Waals surface area (Å²) >= 11 is 0. The molecule has 0 aliphatic carbocycles. The molecule has 0 unspecified atom stereocenters. The van der Waals surface area contributed by atoms with E-state index < -0.39 is 11.8 Å². The van der Waals surface area contributed by atoms with Gasteiger partial charge < -0.3 is 15.5 Å². The van der Waals surface area contributed by atoms with Crippen LogP contribution in [0.15, 0.2) is 24.3 Å². The van der Waals surface area contributed by atoms with E-state index >= 15 is 0 Å². The summed E-state index contributed by atoms with van der Waals surface area (Å²) in [5, 5.41) is 5.07. The van der Waals surface area contributed by atoms with Crippen molar-refractivity contribution in [3.05, 3.63) is 35.6 Å². The monoisotopic (exact) mass is 295 g/mol. The topological polar surface area (TPSA) is 61.4 Å². The van der Waals surface area contributed by atoms with Gasteiger partial charge in [-0.05, 0) is 30.8 Å². The fourth-order valence-corrected chi connectivity index (χ4v) is 1.81. The van der Waals surface area contributed by atoms with Crippen LogP contribution in [-0.2, 0) is 16.1 Å². The summed E-state index contributed by atoms with van der Waals surface area (Å²) in [5.74, 6) is -1.66. The molecule has 0 aliphatic heterocycles. The normalized spacial score (nSPS) is 10.5.